The number of fused-ring (bicyclic) bond motifs is 1. The van der Waals surface area contributed by atoms with Gasteiger partial charge < -0.3 is 4.90 Å². The first-order valence-electron chi connectivity index (χ1n) is 6.52. The van der Waals surface area contributed by atoms with Gasteiger partial charge in [-0.15, -0.1) is 0 Å². The molecule has 1 fully saturated rings. The fourth-order valence-electron chi connectivity index (χ4n) is 2.70. The van der Waals surface area contributed by atoms with E-state index in [0.29, 0.717) is 6.04 Å². The minimum Gasteiger partial charge on any atom is -0.335 e. The summed E-state index contributed by atoms with van der Waals surface area (Å²) in [4.78, 5) is 19.0. The SMILES string of the molecule is O=C(c1ccnc2ccccc12)N1CCCC1CBr. The van der Waals surface area contributed by atoms with Crippen molar-refractivity contribution in [3.63, 3.8) is 0 Å². The molecule has 2 heterocycles. The first kappa shape index (κ1) is 12.6. The quantitative estimate of drug-likeness (QED) is 0.796. The number of likely N-dealkylation sites (tertiary alicyclic amines) is 1. The molecule has 0 spiro atoms. The third-order valence-electron chi connectivity index (χ3n) is 3.70. The van der Waals surface area contributed by atoms with Crippen molar-refractivity contribution in [2.24, 2.45) is 0 Å². The molecule has 0 aliphatic carbocycles. The third kappa shape index (κ3) is 2.25. The maximum atomic E-state index is 12.7. The van der Waals surface area contributed by atoms with Crippen LogP contribution in [0.25, 0.3) is 10.9 Å². The summed E-state index contributed by atoms with van der Waals surface area (Å²) in [6.07, 6.45) is 3.89. The minimum atomic E-state index is 0.126. The highest BCUT2D eigenvalue weighted by atomic mass is 79.9. The molecule has 0 radical (unpaired) electrons. The molecular formula is C15H15BrN2O. The third-order valence-corrected chi connectivity index (χ3v) is 4.44. The van der Waals surface area contributed by atoms with E-state index in [1.807, 2.05) is 35.2 Å². The smallest absolute Gasteiger partial charge is 0.254 e. The summed E-state index contributed by atoms with van der Waals surface area (Å²) in [5.41, 5.74) is 1.64. The zero-order chi connectivity index (χ0) is 13.2. The van der Waals surface area contributed by atoms with Gasteiger partial charge in [-0.25, -0.2) is 0 Å². The Morgan fingerprint density at radius 2 is 2.21 bits per heavy atom. The lowest BCUT2D eigenvalue weighted by Crippen LogP contribution is -2.36. The fraction of sp³-hybridized carbons (Fsp3) is 0.333. The van der Waals surface area contributed by atoms with E-state index in [4.69, 9.17) is 0 Å². The number of rotatable bonds is 2. The lowest BCUT2D eigenvalue weighted by molar-refractivity contribution is 0.0752. The molecule has 1 amide bonds. The van der Waals surface area contributed by atoms with E-state index in [0.717, 1.165) is 41.2 Å². The number of alkyl halides is 1. The molecule has 1 atom stereocenters. The molecule has 1 saturated heterocycles. The van der Waals surface area contributed by atoms with Crippen LogP contribution in [0.15, 0.2) is 36.5 Å². The van der Waals surface area contributed by atoms with Gasteiger partial charge in [-0.3, -0.25) is 9.78 Å². The monoisotopic (exact) mass is 318 g/mol. The van der Waals surface area contributed by atoms with Crippen LogP contribution in [0, 0.1) is 0 Å². The largest absolute Gasteiger partial charge is 0.335 e. The number of hydrogen-bond donors (Lipinski definition) is 0. The summed E-state index contributed by atoms with van der Waals surface area (Å²) in [6, 6.07) is 9.95. The van der Waals surface area contributed by atoms with Crippen LogP contribution in [0.5, 0.6) is 0 Å². The van der Waals surface area contributed by atoms with Gasteiger partial charge in [0.05, 0.1) is 11.1 Å². The van der Waals surface area contributed by atoms with Crippen LogP contribution in [0.4, 0.5) is 0 Å². The normalized spacial score (nSPS) is 19.0. The van der Waals surface area contributed by atoms with Gasteiger partial charge in [0.1, 0.15) is 0 Å². The molecule has 1 unspecified atom stereocenters. The summed E-state index contributed by atoms with van der Waals surface area (Å²) >= 11 is 3.50. The lowest BCUT2D eigenvalue weighted by atomic mass is 10.1. The molecule has 1 aromatic carbocycles. The van der Waals surface area contributed by atoms with Gasteiger partial charge in [-0.05, 0) is 25.0 Å². The zero-order valence-corrected chi connectivity index (χ0v) is 12.1. The molecule has 3 nitrogen and oxygen atoms in total. The number of hydrogen-bond acceptors (Lipinski definition) is 2. The van der Waals surface area contributed by atoms with E-state index >= 15 is 0 Å². The number of amides is 1. The number of nitrogens with zero attached hydrogens (tertiary/aromatic N) is 2. The Morgan fingerprint density at radius 1 is 1.37 bits per heavy atom. The number of carbonyl (C=O) groups excluding carboxylic acids is 1. The molecule has 3 rings (SSSR count). The second kappa shape index (κ2) is 5.29. The lowest BCUT2D eigenvalue weighted by Gasteiger charge is -2.23. The summed E-state index contributed by atoms with van der Waals surface area (Å²) in [5.74, 6) is 0.126. The second-order valence-electron chi connectivity index (χ2n) is 4.82. The van der Waals surface area contributed by atoms with Crippen molar-refractivity contribution in [1.29, 1.82) is 0 Å². The fourth-order valence-corrected chi connectivity index (χ4v) is 3.37. The number of carbonyl (C=O) groups is 1. The van der Waals surface area contributed by atoms with Crippen LogP contribution in [0.1, 0.15) is 23.2 Å². The molecule has 0 saturated carbocycles. The minimum absolute atomic E-state index is 0.126. The first-order chi connectivity index (χ1) is 9.31. The van der Waals surface area contributed by atoms with Crippen molar-refractivity contribution in [1.82, 2.24) is 9.88 Å². The Morgan fingerprint density at radius 3 is 3.05 bits per heavy atom. The number of aromatic nitrogens is 1. The Labute approximate surface area is 120 Å². The van der Waals surface area contributed by atoms with Crippen molar-refractivity contribution in [2.45, 2.75) is 18.9 Å². The summed E-state index contributed by atoms with van der Waals surface area (Å²) < 4.78 is 0. The number of halogens is 1. The molecule has 1 aromatic heterocycles. The zero-order valence-electron chi connectivity index (χ0n) is 10.6. The molecule has 19 heavy (non-hydrogen) atoms. The number of benzene rings is 1. The predicted molar refractivity (Wildman–Crippen MR) is 79.6 cm³/mol. The van der Waals surface area contributed by atoms with Gasteiger partial charge in [0.15, 0.2) is 0 Å². The van der Waals surface area contributed by atoms with E-state index in [1.165, 1.54) is 0 Å². The molecule has 0 N–H and O–H groups in total. The summed E-state index contributed by atoms with van der Waals surface area (Å²) in [7, 11) is 0. The van der Waals surface area contributed by atoms with E-state index in [-0.39, 0.29) is 5.91 Å². The predicted octanol–water partition coefficient (Wildman–Crippen LogP) is 3.23. The Balaban J connectivity index is 2.02. The van der Waals surface area contributed by atoms with Crippen LogP contribution < -0.4 is 0 Å². The number of pyridine rings is 1. The highest BCUT2D eigenvalue weighted by Crippen LogP contribution is 2.24. The van der Waals surface area contributed by atoms with E-state index in [1.54, 1.807) is 6.20 Å². The molecule has 4 heteroatoms. The van der Waals surface area contributed by atoms with Crippen LogP contribution in [-0.4, -0.2) is 33.7 Å². The van der Waals surface area contributed by atoms with Gasteiger partial charge in [-0.1, -0.05) is 34.1 Å². The van der Waals surface area contributed by atoms with Gasteiger partial charge in [0.25, 0.3) is 5.91 Å². The van der Waals surface area contributed by atoms with Gasteiger partial charge >= 0.3 is 0 Å². The second-order valence-corrected chi connectivity index (χ2v) is 5.47. The average Bonchev–Trinajstić information content (AvgIpc) is 2.94. The maximum Gasteiger partial charge on any atom is 0.254 e. The highest BCUT2D eigenvalue weighted by molar-refractivity contribution is 9.09. The molecule has 2 aromatic rings. The van der Waals surface area contributed by atoms with Crippen LogP contribution >= 0.6 is 15.9 Å². The Hall–Kier alpha value is -1.42. The van der Waals surface area contributed by atoms with E-state index in [9.17, 15) is 4.79 Å². The number of para-hydroxylation sites is 1. The van der Waals surface area contributed by atoms with Crippen LogP contribution in [-0.2, 0) is 0 Å². The van der Waals surface area contributed by atoms with Crippen molar-refractivity contribution < 1.29 is 4.79 Å². The van der Waals surface area contributed by atoms with Gasteiger partial charge in [0.2, 0.25) is 0 Å². The molecule has 0 bridgehead atoms. The molecule has 1 aliphatic heterocycles. The van der Waals surface area contributed by atoms with Gasteiger partial charge in [-0.2, -0.15) is 0 Å². The maximum absolute atomic E-state index is 12.7. The van der Waals surface area contributed by atoms with E-state index in [2.05, 4.69) is 20.9 Å². The van der Waals surface area contributed by atoms with E-state index < -0.39 is 0 Å². The van der Waals surface area contributed by atoms with Crippen molar-refractivity contribution in [2.75, 3.05) is 11.9 Å². The topological polar surface area (TPSA) is 33.2 Å². The van der Waals surface area contributed by atoms with Crippen molar-refractivity contribution >= 4 is 32.7 Å². The molecule has 1 aliphatic rings. The average molecular weight is 319 g/mol. The molecule has 98 valence electrons. The summed E-state index contributed by atoms with van der Waals surface area (Å²) in [5, 5.41) is 1.79. The summed E-state index contributed by atoms with van der Waals surface area (Å²) in [6.45, 7) is 0.853. The highest BCUT2D eigenvalue weighted by Gasteiger charge is 2.29. The Kier molecular flexibility index (Phi) is 3.51. The first-order valence-corrected chi connectivity index (χ1v) is 7.64. The van der Waals surface area contributed by atoms with Crippen molar-refractivity contribution in [3.8, 4) is 0 Å². The van der Waals surface area contributed by atoms with Crippen LogP contribution in [0.3, 0.4) is 0 Å². The molecular weight excluding hydrogens is 304 g/mol. The van der Waals surface area contributed by atoms with Crippen molar-refractivity contribution in [3.05, 3.63) is 42.1 Å². The van der Waals surface area contributed by atoms with Gasteiger partial charge in [0, 0.05) is 29.5 Å². The standard InChI is InChI=1S/C15H15BrN2O/c16-10-11-4-3-9-18(11)15(19)13-7-8-17-14-6-2-1-5-12(13)14/h1-2,5-8,11H,3-4,9-10H2. The van der Waals surface area contributed by atoms with Crippen LogP contribution in [0.2, 0.25) is 0 Å². The Bertz CT molecular complexity index is 609.